The van der Waals surface area contributed by atoms with Crippen molar-refractivity contribution in [2.24, 2.45) is 10.9 Å². The molecule has 0 saturated carbocycles. The van der Waals surface area contributed by atoms with Crippen molar-refractivity contribution in [3.63, 3.8) is 0 Å². The van der Waals surface area contributed by atoms with Crippen LogP contribution < -0.4 is 10.6 Å². The number of guanidine groups is 1. The lowest BCUT2D eigenvalue weighted by Gasteiger charge is -2.17. The van der Waals surface area contributed by atoms with Gasteiger partial charge in [-0.3, -0.25) is 9.79 Å². The van der Waals surface area contributed by atoms with Crippen molar-refractivity contribution in [3.05, 3.63) is 72.0 Å². The van der Waals surface area contributed by atoms with Crippen molar-refractivity contribution in [2.75, 3.05) is 26.7 Å². The average molecular weight is 532 g/mol. The maximum Gasteiger partial charge on any atom is 0.223 e. The first kappa shape index (κ1) is 23.1. The molecule has 0 aliphatic carbocycles. The minimum absolute atomic E-state index is 0. The number of furan rings is 1. The monoisotopic (exact) mass is 532 g/mol. The Kier molecular flexibility index (Phi) is 8.34. The maximum absolute atomic E-state index is 12.4. The van der Waals surface area contributed by atoms with E-state index in [2.05, 4.69) is 27.8 Å². The predicted octanol–water partition coefficient (Wildman–Crippen LogP) is 3.81. The van der Waals surface area contributed by atoms with E-state index in [4.69, 9.17) is 4.42 Å². The van der Waals surface area contributed by atoms with Crippen LogP contribution in [0.4, 0.5) is 0 Å². The maximum atomic E-state index is 12.4. The van der Waals surface area contributed by atoms with Gasteiger partial charge in [0, 0.05) is 44.4 Å². The Hall–Kier alpha value is -2.55. The molecule has 1 saturated heterocycles. The lowest BCUT2D eigenvalue weighted by Crippen LogP contribution is -2.40. The first-order chi connectivity index (χ1) is 14.7. The molecular weight excluding hydrogens is 503 g/mol. The van der Waals surface area contributed by atoms with Crippen molar-refractivity contribution >= 4 is 46.8 Å². The molecule has 31 heavy (non-hydrogen) atoms. The van der Waals surface area contributed by atoms with E-state index >= 15 is 0 Å². The van der Waals surface area contributed by atoms with Gasteiger partial charge in [-0.2, -0.15) is 0 Å². The van der Waals surface area contributed by atoms with E-state index in [1.165, 1.54) is 5.56 Å². The van der Waals surface area contributed by atoms with Gasteiger partial charge >= 0.3 is 0 Å². The molecule has 2 heterocycles. The van der Waals surface area contributed by atoms with E-state index in [9.17, 15) is 4.79 Å². The molecule has 7 heteroatoms. The van der Waals surface area contributed by atoms with Crippen LogP contribution in [0, 0.1) is 5.92 Å². The molecule has 1 fully saturated rings. The Morgan fingerprint density at radius 3 is 2.68 bits per heavy atom. The number of halogens is 1. The Labute approximate surface area is 200 Å². The molecule has 0 bridgehead atoms. The number of hydrogen-bond acceptors (Lipinski definition) is 3. The molecule has 1 unspecified atom stereocenters. The van der Waals surface area contributed by atoms with Crippen LogP contribution in [0.3, 0.4) is 0 Å². The Morgan fingerprint density at radius 2 is 1.90 bits per heavy atom. The number of nitrogens with one attached hydrogen (secondary N) is 2. The third kappa shape index (κ3) is 6.22. The molecule has 1 amide bonds. The summed E-state index contributed by atoms with van der Waals surface area (Å²) in [5, 5.41) is 7.73. The van der Waals surface area contributed by atoms with E-state index < -0.39 is 0 Å². The van der Waals surface area contributed by atoms with Gasteiger partial charge in [-0.25, -0.2) is 0 Å². The summed E-state index contributed by atoms with van der Waals surface area (Å²) in [7, 11) is 1.75. The first-order valence-corrected chi connectivity index (χ1v) is 10.4. The van der Waals surface area contributed by atoms with Crippen LogP contribution in [-0.2, 0) is 17.8 Å². The predicted molar refractivity (Wildman–Crippen MR) is 135 cm³/mol. The zero-order valence-corrected chi connectivity index (χ0v) is 20.0. The fraction of sp³-hybridized carbons (Fsp3) is 0.333. The molecule has 2 aromatic carbocycles. The number of fused-ring (bicyclic) bond motifs is 1. The number of likely N-dealkylation sites (tertiary alicyclic amines) is 1. The second-order valence-electron chi connectivity index (χ2n) is 7.70. The van der Waals surface area contributed by atoms with Gasteiger partial charge in [0.1, 0.15) is 11.3 Å². The van der Waals surface area contributed by atoms with Crippen LogP contribution in [-0.4, -0.2) is 43.4 Å². The number of carbonyl (C=O) groups excluding carboxylic acids is 1. The summed E-state index contributed by atoms with van der Waals surface area (Å²) in [5.41, 5.74) is 2.15. The van der Waals surface area contributed by atoms with E-state index in [0.29, 0.717) is 25.5 Å². The minimum atomic E-state index is 0. The topological polar surface area (TPSA) is 69.9 Å². The van der Waals surface area contributed by atoms with Crippen LogP contribution >= 0.6 is 24.0 Å². The molecule has 6 nitrogen and oxygen atoms in total. The normalized spacial score (nSPS) is 16.4. The number of nitrogens with zero attached hydrogens (tertiary/aromatic N) is 2. The third-order valence-electron chi connectivity index (χ3n) is 5.50. The van der Waals surface area contributed by atoms with Gasteiger partial charge < -0.3 is 20.0 Å². The standard InChI is InChI=1S/C24H28N4O2.HI/c1-25-24(27-16-21-14-20-9-5-6-10-22(20)30-21)26-15-19-13-23(29)28(17-19)12-11-18-7-3-2-4-8-18;/h2-10,14,19H,11-13,15-17H2,1H3,(H2,25,26,27);1H. The van der Waals surface area contributed by atoms with Crippen molar-refractivity contribution in [1.29, 1.82) is 0 Å². The lowest BCUT2D eigenvalue weighted by atomic mass is 10.1. The Balaban J connectivity index is 0.00000272. The largest absolute Gasteiger partial charge is 0.459 e. The smallest absolute Gasteiger partial charge is 0.223 e. The quantitative estimate of drug-likeness (QED) is 0.276. The van der Waals surface area contributed by atoms with Crippen LogP contribution in [0.25, 0.3) is 11.0 Å². The van der Waals surface area contributed by atoms with Gasteiger partial charge in [0.15, 0.2) is 5.96 Å². The second-order valence-corrected chi connectivity index (χ2v) is 7.70. The van der Waals surface area contributed by atoms with Gasteiger partial charge in [-0.15, -0.1) is 24.0 Å². The van der Waals surface area contributed by atoms with Crippen molar-refractivity contribution < 1.29 is 9.21 Å². The molecule has 2 N–H and O–H groups in total. The number of rotatable bonds is 7. The highest BCUT2D eigenvalue weighted by molar-refractivity contribution is 14.0. The van der Waals surface area contributed by atoms with Crippen LogP contribution in [0.1, 0.15) is 17.7 Å². The molecular formula is C24H29IN4O2. The summed E-state index contributed by atoms with van der Waals surface area (Å²) in [6.45, 7) is 2.84. The SMILES string of the molecule is CN=C(NCc1cc2ccccc2o1)NCC1CC(=O)N(CCc2ccccc2)C1.I. The summed E-state index contributed by atoms with van der Waals surface area (Å²) in [6, 6.07) is 20.3. The summed E-state index contributed by atoms with van der Waals surface area (Å²) in [6.07, 6.45) is 1.48. The highest BCUT2D eigenvalue weighted by atomic mass is 127. The van der Waals surface area contributed by atoms with E-state index in [1.807, 2.05) is 53.4 Å². The second kappa shape index (κ2) is 11.2. The summed E-state index contributed by atoms with van der Waals surface area (Å²) in [4.78, 5) is 18.6. The Bertz CT molecular complexity index is 986. The molecule has 4 rings (SSSR count). The third-order valence-corrected chi connectivity index (χ3v) is 5.50. The summed E-state index contributed by atoms with van der Waals surface area (Å²) < 4.78 is 5.84. The van der Waals surface area contributed by atoms with Crippen molar-refractivity contribution in [3.8, 4) is 0 Å². The number of hydrogen-bond donors (Lipinski definition) is 2. The number of benzene rings is 2. The minimum Gasteiger partial charge on any atom is -0.459 e. The van der Waals surface area contributed by atoms with Gasteiger partial charge in [-0.1, -0.05) is 48.5 Å². The van der Waals surface area contributed by atoms with Gasteiger partial charge in [0.2, 0.25) is 5.91 Å². The highest BCUT2D eigenvalue weighted by Crippen LogP contribution is 2.19. The molecule has 1 atom stereocenters. The van der Waals surface area contributed by atoms with Gasteiger partial charge in [0.05, 0.1) is 6.54 Å². The van der Waals surface area contributed by atoms with E-state index in [0.717, 1.165) is 36.2 Å². The number of carbonyl (C=O) groups is 1. The number of aliphatic imine (C=N–C) groups is 1. The molecule has 1 aliphatic heterocycles. The Morgan fingerprint density at radius 1 is 1.13 bits per heavy atom. The lowest BCUT2D eigenvalue weighted by molar-refractivity contribution is -0.127. The summed E-state index contributed by atoms with van der Waals surface area (Å²) in [5.74, 6) is 2.11. The molecule has 1 aromatic heterocycles. The molecule has 0 spiro atoms. The number of amides is 1. The fourth-order valence-electron chi connectivity index (χ4n) is 3.87. The molecule has 0 radical (unpaired) electrons. The van der Waals surface area contributed by atoms with Gasteiger partial charge in [-0.05, 0) is 24.1 Å². The van der Waals surface area contributed by atoms with Crippen LogP contribution in [0.5, 0.6) is 0 Å². The fourth-order valence-corrected chi connectivity index (χ4v) is 3.87. The van der Waals surface area contributed by atoms with Gasteiger partial charge in [0.25, 0.3) is 0 Å². The molecule has 164 valence electrons. The first-order valence-electron chi connectivity index (χ1n) is 10.4. The number of para-hydroxylation sites is 1. The van der Waals surface area contributed by atoms with E-state index in [-0.39, 0.29) is 35.8 Å². The molecule has 3 aromatic rings. The van der Waals surface area contributed by atoms with Crippen LogP contribution in [0.15, 0.2) is 70.1 Å². The van der Waals surface area contributed by atoms with Crippen LogP contribution in [0.2, 0.25) is 0 Å². The van der Waals surface area contributed by atoms with Crippen molar-refractivity contribution in [1.82, 2.24) is 15.5 Å². The highest BCUT2D eigenvalue weighted by Gasteiger charge is 2.29. The molecule has 1 aliphatic rings. The van der Waals surface area contributed by atoms with Crippen molar-refractivity contribution in [2.45, 2.75) is 19.4 Å². The average Bonchev–Trinajstić information content (AvgIpc) is 3.35. The summed E-state index contributed by atoms with van der Waals surface area (Å²) >= 11 is 0. The zero-order chi connectivity index (χ0) is 20.8. The zero-order valence-electron chi connectivity index (χ0n) is 17.7. The van der Waals surface area contributed by atoms with E-state index in [1.54, 1.807) is 7.05 Å².